The molecule has 1 heterocycles. The molecule has 0 aromatic heterocycles. The van der Waals surface area contributed by atoms with Crippen LogP contribution in [0.4, 0.5) is 0 Å². The molecule has 0 bridgehead atoms. The third-order valence-corrected chi connectivity index (χ3v) is 4.55. The first-order valence-corrected chi connectivity index (χ1v) is 8.01. The molecule has 0 saturated carbocycles. The number of methoxy groups -OCH3 is 1. The van der Waals surface area contributed by atoms with E-state index >= 15 is 0 Å². The van der Waals surface area contributed by atoms with Crippen LogP contribution in [0.15, 0.2) is 23.1 Å². The zero-order valence-electron chi connectivity index (χ0n) is 10.8. The molecular weight excluding hydrogens is 250 g/mol. The van der Waals surface area contributed by atoms with E-state index in [1.165, 1.54) is 6.26 Å². The molecule has 2 rings (SSSR count). The van der Waals surface area contributed by atoms with Gasteiger partial charge >= 0.3 is 0 Å². The predicted molar refractivity (Wildman–Crippen MR) is 70.9 cm³/mol. The van der Waals surface area contributed by atoms with Crippen molar-refractivity contribution in [2.24, 2.45) is 0 Å². The normalized spacial score (nSPS) is 17.7. The molecular formula is C13H19NO3S. The highest BCUT2D eigenvalue weighted by molar-refractivity contribution is 7.90. The van der Waals surface area contributed by atoms with Gasteiger partial charge in [-0.25, -0.2) is 8.42 Å². The zero-order chi connectivity index (χ0) is 13.2. The number of rotatable bonds is 3. The van der Waals surface area contributed by atoms with Gasteiger partial charge in [-0.2, -0.15) is 0 Å². The zero-order valence-corrected chi connectivity index (χ0v) is 11.6. The Balaban J connectivity index is 2.53. The van der Waals surface area contributed by atoms with Crippen LogP contribution in [0.1, 0.15) is 24.3 Å². The van der Waals surface area contributed by atoms with Crippen molar-refractivity contribution in [2.75, 3.05) is 26.5 Å². The highest BCUT2D eigenvalue weighted by Gasteiger charge is 2.25. The molecule has 0 amide bonds. The molecule has 1 saturated heterocycles. The number of sulfone groups is 1. The van der Waals surface area contributed by atoms with Gasteiger partial charge < -0.3 is 10.1 Å². The second-order valence-corrected chi connectivity index (χ2v) is 6.65. The maximum absolute atomic E-state index is 11.9. The molecule has 5 heteroatoms. The topological polar surface area (TPSA) is 55.4 Å². The second-order valence-electron chi connectivity index (χ2n) is 4.67. The average Bonchev–Trinajstić information content (AvgIpc) is 2.38. The second kappa shape index (κ2) is 5.28. The highest BCUT2D eigenvalue weighted by Crippen LogP contribution is 2.37. The molecule has 4 nitrogen and oxygen atoms in total. The molecule has 18 heavy (non-hydrogen) atoms. The molecule has 1 N–H and O–H groups in total. The minimum atomic E-state index is -3.22. The van der Waals surface area contributed by atoms with Crippen molar-refractivity contribution >= 4 is 9.84 Å². The molecule has 0 unspecified atom stereocenters. The van der Waals surface area contributed by atoms with Crippen LogP contribution in [-0.4, -0.2) is 34.9 Å². The largest absolute Gasteiger partial charge is 0.496 e. The summed E-state index contributed by atoms with van der Waals surface area (Å²) >= 11 is 0. The van der Waals surface area contributed by atoms with E-state index < -0.39 is 9.84 Å². The molecule has 100 valence electrons. The van der Waals surface area contributed by atoms with Crippen LogP contribution in [0.25, 0.3) is 0 Å². The van der Waals surface area contributed by atoms with Crippen LogP contribution in [0, 0.1) is 0 Å². The molecule has 1 aliphatic heterocycles. The van der Waals surface area contributed by atoms with Crippen LogP contribution < -0.4 is 10.1 Å². The van der Waals surface area contributed by atoms with Gasteiger partial charge in [-0.3, -0.25) is 0 Å². The number of nitrogens with one attached hydrogen (secondary N) is 1. The van der Waals surface area contributed by atoms with Crippen molar-refractivity contribution in [1.82, 2.24) is 5.32 Å². The van der Waals surface area contributed by atoms with Crippen LogP contribution >= 0.6 is 0 Å². The molecule has 0 radical (unpaired) electrons. The first-order chi connectivity index (χ1) is 8.54. The number of ether oxygens (including phenoxy) is 1. The summed E-state index contributed by atoms with van der Waals surface area (Å²) in [4.78, 5) is 0.411. The minimum absolute atomic E-state index is 0.257. The van der Waals surface area contributed by atoms with E-state index in [0.717, 1.165) is 31.5 Å². The number of piperidine rings is 1. The van der Waals surface area contributed by atoms with Crippen molar-refractivity contribution in [3.63, 3.8) is 0 Å². The fourth-order valence-electron chi connectivity index (χ4n) is 2.54. The molecule has 1 fully saturated rings. The van der Waals surface area contributed by atoms with E-state index in [-0.39, 0.29) is 5.92 Å². The van der Waals surface area contributed by atoms with Crippen LogP contribution in [0.5, 0.6) is 5.75 Å². The van der Waals surface area contributed by atoms with Gasteiger partial charge in [0.05, 0.1) is 12.0 Å². The lowest BCUT2D eigenvalue weighted by Gasteiger charge is -2.26. The highest BCUT2D eigenvalue weighted by atomic mass is 32.2. The van der Waals surface area contributed by atoms with Crippen LogP contribution in [-0.2, 0) is 9.84 Å². The monoisotopic (exact) mass is 269 g/mol. The van der Waals surface area contributed by atoms with E-state index in [4.69, 9.17) is 4.74 Å². The summed E-state index contributed by atoms with van der Waals surface area (Å²) in [5.74, 6) is 0.942. The maximum atomic E-state index is 11.9. The van der Waals surface area contributed by atoms with Gasteiger partial charge in [-0.05, 0) is 44.0 Å². The summed E-state index contributed by atoms with van der Waals surface area (Å²) in [5, 5.41) is 3.29. The lowest BCUT2D eigenvalue weighted by Crippen LogP contribution is -2.27. The number of hydrogen-bond acceptors (Lipinski definition) is 4. The lowest BCUT2D eigenvalue weighted by molar-refractivity contribution is 0.387. The first kappa shape index (κ1) is 13.4. The van der Waals surface area contributed by atoms with Gasteiger partial charge in [-0.15, -0.1) is 0 Å². The smallest absolute Gasteiger partial charge is 0.175 e. The summed E-state index contributed by atoms with van der Waals surface area (Å²) in [7, 11) is -1.63. The van der Waals surface area contributed by atoms with Gasteiger partial charge in [0.1, 0.15) is 5.75 Å². The lowest BCUT2D eigenvalue weighted by atomic mass is 9.89. The number of benzene rings is 1. The Morgan fingerprint density at radius 1 is 1.28 bits per heavy atom. The van der Waals surface area contributed by atoms with Crippen molar-refractivity contribution < 1.29 is 13.2 Å². The van der Waals surface area contributed by atoms with Gasteiger partial charge in [0, 0.05) is 11.8 Å². The van der Waals surface area contributed by atoms with Gasteiger partial charge in [0.25, 0.3) is 0 Å². The Labute approximate surface area is 108 Å². The maximum Gasteiger partial charge on any atom is 0.175 e. The van der Waals surface area contributed by atoms with Crippen LogP contribution in [0.2, 0.25) is 0 Å². The fourth-order valence-corrected chi connectivity index (χ4v) is 3.53. The van der Waals surface area contributed by atoms with Crippen molar-refractivity contribution in [2.45, 2.75) is 23.7 Å². The molecule has 1 aliphatic rings. The molecule has 0 aliphatic carbocycles. The molecule has 1 aromatic rings. The van der Waals surface area contributed by atoms with Crippen molar-refractivity contribution in [3.05, 3.63) is 23.8 Å². The molecule has 0 spiro atoms. The van der Waals surface area contributed by atoms with E-state index in [1.807, 2.05) is 6.07 Å². The quantitative estimate of drug-likeness (QED) is 0.905. The van der Waals surface area contributed by atoms with Gasteiger partial charge in [0.2, 0.25) is 0 Å². The molecule has 1 aromatic carbocycles. The van der Waals surface area contributed by atoms with Gasteiger partial charge in [0.15, 0.2) is 9.84 Å². The number of hydrogen-bond donors (Lipinski definition) is 1. The Morgan fingerprint density at radius 3 is 2.50 bits per heavy atom. The first-order valence-electron chi connectivity index (χ1n) is 6.11. The Kier molecular flexibility index (Phi) is 3.92. The van der Waals surface area contributed by atoms with Crippen molar-refractivity contribution in [1.29, 1.82) is 0 Å². The minimum Gasteiger partial charge on any atom is -0.496 e. The summed E-state index contributed by atoms with van der Waals surface area (Å²) in [6, 6.07) is 5.25. The fraction of sp³-hybridized carbons (Fsp3) is 0.538. The van der Waals surface area contributed by atoms with Crippen molar-refractivity contribution in [3.8, 4) is 5.75 Å². The van der Waals surface area contributed by atoms with E-state index in [0.29, 0.717) is 10.6 Å². The Morgan fingerprint density at radius 2 is 1.94 bits per heavy atom. The molecule has 0 atom stereocenters. The summed E-state index contributed by atoms with van der Waals surface area (Å²) < 4.78 is 29.1. The Hall–Kier alpha value is -1.07. The SMILES string of the molecule is COc1cccc(S(C)(=O)=O)c1C1CCNCC1. The summed E-state index contributed by atoms with van der Waals surface area (Å²) in [5.41, 5.74) is 0.851. The summed E-state index contributed by atoms with van der Waals surface area (Å²) in [6.07, 6.45) is 3.15. The van der Waals surface area contributed by atoms with E-state index in [1.54, 1.807) is 19.2 Å². The predicted octanol–water partition coefficient (Wildman–Crippen LogP) is 1.57. The third kappa shape index (κ3) is 2.67. The Bertz CT molecular complexity index is 519. The standard InChI is InChI=1S/C13H19NO3S/c1-17-11-4-3-5-12(18(2,15)16)13(11)10-6-8-14-9-7-10/h3-5,10,14H,6-9H2,1-2H3. The average molecular weight is 269 g/mol. The summed E-state index contributed by atoms with van der Waals surface area (Å²) in [6.45, 7) is 1.85. The van der Waals surface area contributed by atoms with Gasteiger partial charge in [-0.1, -0.05) is 6.07 Å². The van der Waals surface area contributed by atoms with E-state index in [9.17, 15) is 8.42 Å². The van der Waals surface area contributed by atoms with E-state index in [2.05, 4.69) is 5.32 Å². The van der Waals surface area contributed by atoms with Crippen LogP contribution in [0.3, 0.4) is 0 Å². The third-order valence-electron chi connectivity index (χ3n) is 3.39.